The molecule has 35 heavy (non-hydrogen) atoms. The van der Waals surface area contributed by atoms with Gasteiger partial charge in [0.15, 0.2) is 0 Å². The Kier molecular flexibility index (Phi) is 18.5. The van der Waals surface area contributed by atoms with E-state index in [2.05, 4.69) is 29.2 Å². The number of ether oxygens (including phenoxy) is 3. The van der Waals surface area contributed by atoms with Gasteiger partial charge in [0, 0.05) is 22.3 Å². The second-order valence-electron chi connectivity index (χ2n) is 6.97. The molecule has 0 amide bonds. The molecule has 0 atom stereocenters. The zero-order valence-electron chi connectivity index (χ0n) is 20.7. The van der Waals surface area contributed by atoms with Crippen molar-refractivity contribution in [3.8, 4) is 0 Å². The quantitative estimate of drug-likeness (QED) is 0.287. The van der Waals surface area contributed by atoms with Crippen LogP contribution in [0.5, 0.6) is 0 Å². The molecule has 1 aromatic rings. The van der Waals surface area contributed by atoms with E-state index in [4.69, 9.17) is 14.9 Å². The Hall–Kier alpha value is -3.98. The highest BCUT2D eigenvalue weighted by atomic mass is 16.5. The van der Waals surface area contributed by atoms with Crippen molar-refractivity contribution < 1.29 is 43.6 Å². The Morgan fingerprint density at radius 3 is 1.83 bits per heavy atom. The minimum Gasteiger partial charge on any atom is -0.478 e. The molecule has 0 aliphatic rings. The summed E-state index contributed by atoms with van der Waals surface area (Å²) in [6.45, 7) is 14.9. The largest absolute Gasteiger partial charge is 0.478 e. The van der Waals surface area contributed by atoms with E-state index in [1.807, 2.05) is 30.3 Å². The minimum absolute atomic E-state index is 0.0838. The number of allylic oxidation sites excluding steroid dienone is 1. The number of esters is 3. The van der Waals surface area contributed by atoms with Gasteiger partial charge >= 0.3 is 23.9 Å². The van der Waals surface area contributed by atoms with E-state index in [9.17, 15) is 19.2 Å². The fourth-order valence-electron chi connectivity index (χ4n) is 1.71. The van der Waals surface area contributed by atoms with Crippen molar-refractivity contribution in [2.45, 2.75) is 33.8 Å². The monoisotopic (exact) mass is 490 g/mol. The first-order chi connectivity index (χ1) is 16.4. The van der Waals surface area contributed by atoms with E-state index in [0.717, 1.165) is 5.56 Å². The number of carbonyl (C=O) groups excluding carboxylic acids is 3. The Morgan fingerprint density at radius 1 is 0.886 bits per heavy atom. The van der Waals surface area contributed by atoms with E-state index < -0.39 is 11.9 Å². The average molecular weight is 491 g/mol. The molecule has 0 heterocycles. The topological polar surface area (TPSA) is 136 Å². The van der Waals surface area contributed by atoms with Gasteiger partial charge in [0.2, 0.25) is 0 Å². The molecule has 0 saturated carbocycles. The third-order valence-corrected chi connectivity index (χ3v) is 3.70. The van der Waals surface area contributed by atoms with Crippen LogP contribution in [0.3, 0.4) is 0 Å². The summed E-state index contributed by atoms with van der Waals surface area (Å²) < 4.78 is 13.8. The number of aliphatic hydroxyl groups excluding tert-OH is 1. The second-order valence-corrected chi connectivity index (χ2v) is 6.97. The first-order valence-electron chi connectivity index (χ1n) is 10.3. The molecular formula is C26H34O9. The summed E-state index contributed by atoms with van der Waals surface area (Å²) in [6.07, 6.45) is 1.51. The van der Waals surface area contributed by atoms with E-state index in [1.165, 1.54) is 20.1 Å². The summed E-state index contributed by atoms with van der Waals surface area (Å²) in [5, 5.41) is 16.9. The van der Waals surface area contributed by atoms with Gasteiger partial charge in [0.25, 0.3) is 0 Å². The highest BCUT2D eigenvalue weighted by Crippen LogP contribution is 2.05. The smallest absolute Gasteiger partial charge is 0.333 e. The normalized spacial score (nSPS) is 9.69. The van der Waals surface area contributed by atoms with E-state index in [-0.39, 0.29) is 42.7 Å². The first kappa shape index (κ1) is 33.2. The van der Waals surface area contributed by atoms with Gasteiger partial charge in [0.1, 0.15) is 13.2 Å². The number of hydrogen-bond acceptors (Lipinski definition) is 8. The highest BCUT2D eigenvalue weighted by Gasteiger charge is 2.08. The van der Waals surface area contributed by atoms with Crippen molar-refractivity contribution in [2.24, 2.45) is 0 Å². The van der Waals surface area contributed by atoms with Crippen LogP contribution in [0.15, 0.2) is 78.4 Å². The predicted octanol–water partition coefficient (Wildman–Crippen LogP) is 3.54. The van der Waals surface area contributed by atoms with Crippen molar-refractivity contribution >= 4 is 23.9 Å². The van der Waals surface area contributed by atoms with Gasteiger partial charge in [-0.3, -0.25) is 0 Å². The molecule has 1 rings (SSSR count). The average Bonchev–Trinajstić information content (AvgIpc) is 2.84. The van der Waals surface area contributed by atoms with Crippen LogP contribution in [0, 0.1) is 0 Å². The van der Waals surface area contributed by atoms with Crippen LogP contribution < -0.4 is 0 Å². The number of carboxylic acids is 1. The summed E-state index contributed by atoms with van der Waals surface area (Å²) in [7, 11) is 1.33. The Bertz CT molecular complexity index is 912. The number of rotatable bonds is 10. The molecule has 0 spiro atoms. The number of carbonyl (C=O) groups is 4. The molecule has 9 heteroatoms. The van der Waals surface area contributed by atoms with Crippen molar-refractivity contribution in [3.05, 3.63) is 84.0 Å². The number of aliphatic hydroxyl groups is 1. The fourth-order valence-corrected chi connectivity index (χ4v) is 1.71. The highest BCUT2D eigenvalue weighted by molar-refractivity contribution is 5.89. The van der Waals surface area contributed by atoms with Crippen LogP contribution >= 0.6 is 0 Å². The zero-order valence-corrected chi connectivity index (χ0v) is 20.7. The van der Waals surface area contributed by atoms with E-state index in [1.54, 1.807) is 13.8 Å². The van der Waals surface area contributed by atoms with Gasteiger partial charge in [0.05, 0.1) is 13.7 Å². The summed E-state index contributed by atoms with van der Waals surface area (Å²) in [5.74, 6) is -2.35. The van der Waals surface area contributed by atoms with Crippen LogP contribution in [0.2, 0.25) is 0 Å². The molecule has 0 unspecified atom stereocenters. The lowest BCUT2D eigenvalue weighted by molar-refractivity contribution is -0.140. The predicted molar refractivity (Wildman–Crippen MR) is 131 cm³/mol. The van der Waals surface area contributed by atoms with Gasteiger partial charge < -0.3 is 24.4 Å². The third kappa shape index (κ3) is 18.2. The molecule has 0 fully saturated rings. The zero-order chi connectivity index (χ0) is 27.4. The van der Waals surface area contributed by atoms with E-state index in [0.29, 0.717) is 17.8 Å². The Labute approximate surface area is 206 Å². The summed E-state index contributed by atoms with van der Waals surface area (Å²) >= 11 is 0. The molecule has 0 bridgehead atoms. The van der Waals surface area contributed by atoms with Crippen molar-refractivity contribution in [1.29, 1.82) is 0 Å². The maximum Gasteiger partial charge on any atom is 0.333 e. The molecular weight excluding hydrogens is 456 g/mol. The first-order valence-corrected chi connectivity index (χ1v) is 10.3. The Morgan fingerprint density at radius 2 is 1.43 bits per heavy atom. The number of benzene rings is 1. The van der Waals surface area contributed by atoms with Gasteiger partial charge in [-0.1, -0.05) is 56.1 Å². The lowest BCUT2D eigenvalue weighted by Gasteiger charge is -2.03. The maximum absolute atomic E-state index is 11.1. The van der Waals surface area contributed by atoms with Crippen molar-refractivity contribution in [3.63, 3.8) is 0 Å². The van der Waals surface area contributed by atoms with Gasteiger partial charge in [-0.25, -0.2) is 19.2 Å². The summed E-state index contributed by atoms with van der Waals surface area (Å²) in [5.41, 5.74) is 2.14. The SMILES string of the molecule is C=C(C)C(=O)OC.C=C(C)C(=O)OCc1ccccc1.C=C(CC=C(C)C(=O)O)C(=O)OCCO. The lowest BCUT2D eigenvalue weighted by Crippen LogP contribution is -2.10. The Balaban J connectivity index is 0. The van der Waals surface area contributed by atoms with Crippen LogP contribution in [0.25, 0.3) is 0 Å². The van der Waals surface area contributed by atoms with Crippen LogP contribution in [0.4, 0.5) is 0 Å². The van der Waals surface area contributed by atoms with Gasteiger partial charge in [-0.2, -0.15) is 0 Å². The number of carboxylic acid groups (broad SMARTS) is 1. The molecule has 0 saturated heterocycles. The molecule has 192 valence electrons. The third-order valence-electron chi connectivity index (χ3n) is 3.70. The summed E-state index contributed by atoms with van der Waals surface area (Å²) in [4.78, 5) is 42.7. The van der Waals surface area contributed by atoms with E-state index >= 15 is 0 Å². The molecule has 2 N–H and O–H groups in total. The van der Waals surface area contributed by atoms with Gasteiger partial charge in [-0.15, -0.1) is 0 Å². The second kappa shape index (κ2) is 19.5. The van der Waals surface area contributed by atoms with Crippen molar-refractivity contribution in [2.75, 3.05) is 20.3 Å². The number of aliphatic carboxylic acids is 1. The molecule has 0 aliphatic carbocycles. The number of methoxy groups -OCH3 is 1. The lowest BCUT2D eigenvalue weighted by atomic mass is 10.1. The fraction of sp³-hybridized carbons (Fsp3) is 0.308. The maximum atomic E-state index is 11.1. The van der Waals surface area contributed by atoms with Crippen LogP contribution in [-0.4, -0.2) is 54.4 Å². The molecule has 0 radical (unpaired) electrons. The van der Waals surface area contributed by atoms with Crippen LogP contribution in [-0.2, 0) is 40.0 Å². The molecule has 1 aromatic carbocycles. The van der Waals surface area contributed by atoms with Crippen molar-refractivity contribution in [1.82, 2.24) is 0 Å². The molecule has 0 aromatic heterocycles. The summed E-state index contributed by atoms with van der Waals surface area (Å²) in [6, 6.07) is 9.55. The number of hydrogen-bond donors (Lipinski definition) is 2. The van der Waals surface area contributed by atoms with Gasteiger partial charge in [-0.05, 0) is 32.8 Å². The standard InChI is InChI=1S/C11H12O2.C10H14O5.C5H8O2/c1-9(2)11(12)13-8-10-6-4-3-5-7-10;1-7(9(12)13)3-4-8(2)10(14)15-6-5-11;1-4(2)5(6)7-3/h3-7H,1,8H2,2H3;3,11H,2,4-6H2,1H3,(H,12,13);1H2,2-3H3. The molecule has 0 aliphatic heterocycles. The molecule has 9 nitrogen and oxygen atoms in total. The minimum atomic E-state index is -1.04. The van der Waals surface area contributed by atoms with Crippen LogP contribution in [0.1, 0.15) is 32.8 Å².